The molecule has 0 spiro atoms. The highest BCUT2D eigenvalue weighted by Crippen LogP contribution is 2.01. The zero-order chi connectivity index (χ0) is 9.14. The number of carbonyl (C=O) groups is 2. The second-order valence-corrected chi connectivity index (χ2v) is 2.85. The second-order valence-electron chi connectivity index (χ2n) is 2.85. The maximum absolute atomic E-state index is 11.2. The molecule has 1 rings (SSSR count). The highest BCUT2D eigenvalue weighted by molar-refractivity contribution is 5.99. The first kappa shape index (κ1) is 9.15. The van der Waals surface area contributed by atoms with Crippen molar-refractivity contribution < 1.29 is 9.59 Å². The molecule has 2 amide bonds. The Labute approximate surface area is 70.9 Å². The Hall–Kier alpha value is -0.940. The molecule has 0 aromatic heterocycles. The molecule has 1 saturated heterocycles. The number of imide groups is 1. The summed E-state index contributed by atoms with van der Waals surface area (Å²) in [6, 6.07) is -0.188. The third-order valence-electron chi connectivity index (χ3n) is 1.87. The first-order valence-electron chi connectivity index (χ1n) is 3.92. The maximum atomic E-state index is 11.2. The molecular formula is C7H13N3O2. The summed E-state index contributed by atoms with van der Waals surface area (Å²) in [5.41, 5.74) is 5.36. The van der Waals surface area contributed by atoms with Crippen molar-refractivity contribution in [3.05, 3.63) is 0 Å². The fraction of sp³-hybridized carbons (Fsp3) is 0.714. The Bertz CT molecular complexity index is 189. The number of nitrogens with zero attached hydrogens (tertiary/aromatic N) is 1. The van der Waals surface area contributed by atoms with Crippen molar-refractivity contribution >= 4 is 11.8 Å². The quantitative estimate of drug-likeness (QED) is 0.485. The number of hydrogen-bond donors (Lipinski definition) is 2. The molecule has 68 valence electrons. The Morgan fingerprint density at radius 3 is 2.42 bits per heavy atom. The van der Waals surface area contributed by atoms with Crippen molar-refractivity contribution in [1.82, 2.24) is 10.2 Å². The van der Waals surface area contributed by atoms with Crippen LogP contribution in [-0.2, 0) is 9.59 Å². The van der Waals surface area contributed by atoms with Crippen LogP contribution in [0.5, 0.6) is 0 Å². The van der Waals surface area contributed by atoms with Gasteiger partial charge in [0.1, 0.15) is 0 Å². The fourth-order valence-electron chi connectivity index (χ4n) is 1.18. The molecule has 0 aromatic carbocycles. The lowest BCUT2D eigenvalue weighted by atomic mass is 10.2. The fourth-order valence-corrected chi connectivity index (χ4v) is 1.18. The van der Waals surface area contributed by atoms with Crippen molar-refractivity contribution in [3.63, 3.8) is 0 Å². The SMILES string of the molecule is CC(CN)N1C(=O)CNCC1=O. The van der Waals surface area contributed by atoms with E-state index >= 15 is 0 Å². The monoisotopic (exact) mass is 171 g/mol. The van der Waals surface area contributed by atoms with Gasteiger partial charge in [-0.15, -0.1) is 0 Å². The third-order valence-corrected chi connectivity index (χ3v) is 1.87. The third kappa shape index (κ3) is 1.62. The molecule has 1 aliphatic heterocycles. The number of hydrogen-bond acceptors (Lipinski definition) is 4. The number of rotatable bonds is 2. The molecule has 1 aliphatic rings. The molecule has 0 aliphatic carbocycles. The highest BCUT2D eigenvalue weighted by atomic mass is 16.2. The van der Waals surface area contributed by atoms with Crippen LogP contribution in [0.25, 0.3) is 0 Å². The van der Waals surface area contributed by atoms with Crippen molar-refractivity contribution in [2.24, 2.45) is 5.73 Å². The smallest absolute Gasteiger partial charge is 0.243 e. The topological polar surface area (TPSA) is 75.4 Å². The van der Waals surface area contributed by atoms with Gasteiger partial charge in [-0.05, 0) is 6.92 Å². The minimum absolute atomic E-state index is 0.188. The summed E-state index contributed by atoms with van der Waals surface area (Å²) in [5, 5.41) is 2.71. The molecule has 12 heavy (non-hydrogen) atoms. The van der Waals surface area contributed by atoms with Crippen LogP contribution in [0.1, 0.15) is 6.92 Å². The average Bonchev–Trinajstić information content (AvgIpc) is 2.03. The molecular weight excluding hydrogens is 158 g/mol. The van der Waals surface area contributed by atoms with E-state index < -0.39 is 0 Å². The number of amides is 2. The zero-order valence-electron chi connectivity index (χ0n) is 7.04. The maximum Gasteiger partial charge on any atom is 0.243 e. The van der Waals surface area contributed by atoms with Gasteiger partial charge in [-0.3, -0.25) is 19.8 Å². The summed E-state index contributed by atoms with van der Waals surface area (Å²) >= 11 is 0. The Morgan fingerprint density at radius 1 is 1.50 bits per heavy atom. The van der Waals surface area contributed by atoms with Crippen molar-refractivity contribution in [2.45, 2.75) is 13.0 Å². The predicted octanol–water partition coefficient (Wildman–Crippen LogP) is -1.71. The normalized spacial score (nSPS) is 21.3. The Kier molecular flexibility index (Phi) is 2.78. The molecule has 5 nitrogen and oxygen atoms in total. The number of nitrogens with two attached hydrogens (primary N) is 1. The minimum Gasteiger partial charge on any atom is -0.328 e. The van der Waals surface area contributed by atoms with Crippen molar-refractivity contribution in [1.29, 1.82) is 0 Å². The predicted molar refractivity (Wildman–Crippen MR) is 43.2 cm³/mol. The second kappa shape index (κ2) is 3.64. The van der Waals surface area contributed by atoms with Gasteiger partial charge in [-0.25, -0.2) is 0 Å². The molecule has 0 radical (unpaired) electrons. The molecule has 1 unspecified atom stereocenters. The summed E-state index contributed by atoms with van der Waals surface area (Å²) in [4.78, 5) is 23.6. The number of piperazine rings is 1. The lowest BCUT2D eigenvalue weighted by Gasteiger charge is -2.30. The average molecular weight is 171 g/mol. The van der Waals surface area contributed by atoms with Crippen LogP contribution in [0.3, 0.4) is 0 Å². The van der Waals surface area contributed by atoms with Gasteiger partial charge >= 0.3 is 0 Å². The van der Waals surface area contributed by atoms with Gasteiger partial charge < -0.3 is 5.73 Å². The zero-order valence-corrected chi connectivity index (χ0v) is 7.04. The van der Waals surface area contributed by atoms with E-state index in [4.69, 9.17) is 5.73 Å². The van der Waals surface area contributed by atoms with Gasteiger partial charge in [-0.1, -0.05) is 0 Å². The molecule has 3 N–H and O–H groups in total. The minimum atomic E-state index is -0.191. The molecule has 1 atom stereocenters. The van der Waals surface area contributed by atoms with E-state index in [-0.39, 0.29) is 30.9 Å². The lowest BCUT2D eigenvalue weighted by molar-refractivity contribution is -0.148. The van der Waals surface area contributed by atoms with Gasteiger partial charge in [0.05, 0.1) is 13.1 Å². The van der Waals surface area contributed by atoms with Crippen LogP contribution in [-0.4, -0.2) is 42.4 Å². The summed E-state index contributed by atoms with van der Waals surface area (Å²) in [6.45, 7) is 2.55. The van der Waals surface area contributed by atoms with E-state index in [1.165, 1.54) is 4.90 Å². The van der Waals surface area contributed by atoms with E-state index in [2.05, 4.69) is 5.32 Å². The standard InChI is InChI=1S/C7H13N3O2/c1-5(2-8)10-6(11)3-9-4-7(10)12/h5,9H,2-4,8H2,1H3. The van der Waals surface area contributed by atoms with Crippen molar-refractivity contribution in [2.75, 3.05) is 19.6 Å². The van der Waals surface area contributed by atoms with Crippen LogP contribution < -0.4 is 11.1 Å². The molecule has 1 fully saturated rings. The largest absolute Gasteiger partial charge is 0.328 e. The molecule has 1 heterocycles. The first-order valence-corrected chi connectivity index (χ1v) is 3.92. The van der Waals surface area contributed by atoms with Crippen molar-refractivity contribution in [3.8, 4) is 0 Å². The molecule has 0 saturated carbocycles. The number of carbonyl (C=O) groups excluding carboxylic acids is 2. The van der Waals surface area contributed by atoms with E-state index in [9.17, 15) is 9.59 Å². The van der Waals surface area contributed by atoms with Crippen LogP contribution >= 0.6 is 0 Å². The van der Waals surface area contributed by atoms with Gasteiger partial charge in [0, 0.05) is 12.6 Å². The van der Waals surface area contributed by atoms with E-state index in [0.29, 0.717) is 6.54 Å². The van der Waals surface area contributed by atoms with Crippen LogP contribution in [0, 0.1) is 0 Å². The lowest BCUT2D eigenvalue weighted by Crippen LogP contribution is -2.56. The summed E-state index contributed by atoms with van der Waals surface area (Å²) in [6.07, 6.45) is 0. The van der Waals surface area contributed by atoms with E-state index in [1.807, 2.05) is 0 Å². The van der Waals surface area contributed by atoms with Gasteiger partial charge in [0.25, 0.3) is 0 Å². The van der Waals surface area contributed by atoms with E-state index in [1.54, 1.807) is 6.92 Å². The van der Waals surface area contributed by atoms with Crippen LogP contribution in [0.4, 0.5) is 0 Å². The van der Waals surface area contributed by atoms with Gasteiger partial charge in [0.15, 0.2) is 0 Å². The Morgan fingerprint density at radius 2 is 2.00 bits per heavy atom. The summed E-state index contributed by atoms with van der Waals surface area (Å²) in [7, 11) is 0. The Balaban J connectivity index is 2.69. The first-order chi connectivity index (χ1) is 5.66. The van der Waals surface area contributed by atoms with Crippen LogP contribution in [0.15, 0.2) is 0 Å². The highest BCUT2D eigenvalue weighted by Gasteiger charge is 2.28. The van der Waals surface area contributed by atoms with Gasteiger partial charge in [-0.2, -0.15) is 0 Å². The molecule has 0 bridgehead atoms. The molecule has 0 aromatic rings. The number of nitrogens with one attached hydrogen (secondary N) is 1. The van der Waals surface area contributed by atoms with Gasteiger partial charge in [0.2, 0.25) is 11.8 Å². The molecule has 5 heteroatoms. The summed E-state index contributed by atoms with van der Waals surface area (Å²) < 4.78 is 0. The summed E-state index contributed by atoms with van der Waals surface area (Å²) in [5.74, 6) is -0.381. The van der Waals surface area contributed by atoms with E-state index in [0.717, 1.165) is 0 Å². The van der Waals surface area contributed by atoms with Crippen LogP contribution in [0.2, 0.25) is 0 Å².